The molecular weight excluding hydrogens is 200 g/mol. The van der Waals surface area contributed by atoms with Crippen molar-refractivity contribution in [2.24, 2.45) is 11.7 Å². The molecule has 0 aromatic carbocycles. The third-order valence-electron chi connectivity index (χ3n) is 5.06. The molecule has 16 heavy (non-hydrogen) atoms. The quantitative estimate of drug-likeness (QED) is 0.770. The average molecular weight is 224 g/mol. The van der Waals surface area contributed by atoms with Gasteiger partial charge in [0, 0.05) is 19.2 Å². The maximum absolute atomic E-state index is 6.06. The summed E-state index contributed by atoms with van der Waals surface area (Å²) < 4.78 is 5.63. The standard InChI is InChI=1S/C13H24N2O/c14-9-13(6-8-16-10-13)15-7-2-4-11-3-1-5-12(11)15/h11-12H,1-10,14H2. The molecule has 0 bridgehead atoms. The third kappa shape index (κ3) is 1.60. The van der Waals surface area contributed by atoms with Crippen LogP contribution in [0.5, 0.6) is 0 Å². The van der Waals surface area contributed by atoms with E-state index in [2.05, 4.69) is 4.90 Å². The van der Waals surface area contributed by atoms with Crippen LogP contribution in [0.3, 0.4) is 0 Å². The lowest BCUT2D eigenvalue weighted by Gasteiger charge is -2.48. The monoisotopic (exact) mass is 224 g/mol. The van der Waals surface area contributed by atoms with Crippen LogP contribution in [0.2, 0.25) is 0 Å². The van der Waals surface area contributed by atoms with Crippen LogP contribution in [-0.2, 0) is 4.74 Å². The summed E-state index contributed by atoms with van der Waals surface area (Å²) >= 11 is 0. The van der Waals surface area contributed by atoms with E-state index in [0.717, 1.165) is 38.1 Å². The predicted molar refractivity (Wildman–Crippen MR) is 64.3 cm³/mol. The molecule has 3 heteroatoms. The molecule has 2 heterocycles. The lowest BCUT2D eigenvalue weighted by Crippen LogP contribution is -2.60. The van der Waals surface area contributed by atoms with Crippen molar-refractivity contribution in [3.8, 4) is 0 Å². The van der Waals surface area contributed by atoms with E-state index in [1.54, 1.807) is 0 Å². The van der Waals surface area contributed by atoms with Crippen molar-refractivity contribution >= 4 is 0 Å². The highest BCUT2D eigenvalue weighted by Crippen LogP contribution is 2.41. The molecule has 3 atom stereocenters. The van der Waals surface area contributed by atoms with E-state index in [-0.39, 0.29) is 5.54 Å². The minimum Gasteiger partial charge on any atom is -0.379 e. The van der Waals surface area contributed by atoms with E-state index in [0.29, 0.717) is 0 Å². The van der Waals surface area contributed by atoms with Crippen LogP contribution in [0, 0.1) is 5.92 Å². The summed E-state index contributed by atoms with van der Waals surface area (Å²) in [6.07, 6.45) is 8.22. The SMILES string of the molecule is NCC1(N2CCCC3CCCC32)CCOC1. The predicted octanol–water partition coefficient (Wildman–Crippen LogP) is 1.37. The molecule has 2 N–H and O–H groups in total. The Labute approximate surface area is 98.3 Å². The molecule has 0 aromatic rings. The van der Waals surface area contributed by atoms with Gasteiger partial charge >= 0.3 is 0 Å². The van der Waals surface area contributed by atoms with Gasteiger partial charge in [0.2, 0.25) is 0 Å². The Morgan fingerprint density at radius 3 is 2.88 bits per heavy atom. The summed E-state index contributed by atoms with van der Waals surface area (Å²) in [4.78, 5) is 2.74. The highest BCUT2D eigenvalue weighted by molar-refractivity contribution is 5.02. The van der Waals surface area contributed by atoms with Crippen LogP contribution in [-0.4, -0.2) is 42.8 Å². The number of hydrogen-bond acceptors (Lipinski definition) is 3. The van der Waals surface area contributed by atoms with Crippen molar-refractivity contribution in [1.29, 1.82) is 0 Å². The second-order valence-corrected chi connectivity index (χ2v) is 5.83. The largest absolute Gasteiger partial charge is 0.379 e. The maximum atomic E-state index is 6.06. The van der Waals surface area contributed by atoms with Gasteiger partial charge in [0.1, 0.15) is 0 Å². The van der Waals surface area contributed by atoms with Gasteiger partial charge in [-0.3, -0.25) is 4.90 Å². The molecule has 0 radical (unpaired) electrons. The Morgan fingerprint density at radius 1 is 1.25 bits per heavy atom. The zero-order chi connectivity index (χ0) is 11.0. The van der Waals surface area contributed by atoms with Crippen LogP contribution >= 0.6 is 0 Å². The number of likely N-dealkylation sites (tertiary alicyclic amines) is 1. The first-order chi connectivity index (χ1) is 7.86. The van der Waals surface area contributed by atoms with Crippen LogP contribution in [0.15, 0.2) is 0 Å². The summed E-state index contributed by atoms with van der Waals surface area (Å²) in [5.74, 6) is 0.956. The van der Waals surface area contributed by atoms with Crippen LogP contribution in [0.25, 0.3) is 0 Å². The normalized spacial score (nSPS) is 44.8. The number of rotatable bonds is 2. The second kappa shape index (κ2) is 4.28. The summed E-state index contributed by atoms with van der Waals surface area (Å²) in [6.45, 7) is 3.80. The lowest BCUT2D eigenvalue weighted by molar-refractivity contribution is -0.00260. The van der Waals surface area contributed by atoms with Crippen LogP contribution in [0.1, 0.15) is 38.5 Å². The van der Waals surface area contributed by atoms with Crippen molar-refractivity contribution in [1.82, 2.24) is 4.90 Å². The van der Waals surface area contributed by atoms with Gasteiger partial charge in [-0.15, -0.1) is 0 Å². The first-order valence-electron chi connectivity index (χ1n) is 6.90. The van der Waals surface area contributed by atoms with E-state index in [4.69, 9.17) is 10.5 Å². The van der Waals surface area contributed by atoms with Crippen molar-refractivity contribution in [3.63, 3.8) is 0 Å². The van der Waals surface area contributed by atoms with E-state index < -0.39 is 0 Å². The Balaban J connectivity index is 1.81. The maximum Gasteiger partial charge on any atom is 0.0663 e. The van der Waals surface area contributed by atoms with Crippen molar-refractivity contribution < 1.29 is 4.74 Å². The molecule has 2 aliphatic heterocycles. The van der Waals surface area contributed by atoms with Crippen molar-refractivity contribution in [2.45, 2.75) is 50.1 Å². The Kier molecular flexibility index (Phi) is 2.94. The number of piperidine rings is 1. The Morgan fingerprint density at radius 2 is 2.12 bits per heavy atom. The van der Waals surface area contributed by atoms with Gasteiger partial charge in [0.15, 0.2) is 0 Å². The Bertz CT molecular complexity index is 250. The molecule has 1 saturated carbocycles. The van der Waals surface area contributed by atoms with Gasteiger partial charge in [0.05, 0.1) is 12.1 Å². The van der Waals surface area contributed by atoms with E-state index in [9.17, 15) is 0 Å². The topological polar surface area (TPSA) is 38.5 Å². The molecular formula is C13H24N2O. The lowest BCUT2D eigenvalue weighted by atomic mass is 9.85. The fourth-order valence-electron chi connectivity index (χ4n) is 4.14. The van der Waals surface area contributed by atoms with E-state index in [1.165, 1.54) is 38.6 Å². The minimum atomic E-state index is 0.188. The third-order valence-corrected chi connectivity index (χ3v) is 5.06. The molecule has 3 fully saturated rings. The fourth-order valence-corrected chi connectivity index (χ4v) is 4.14. The van der Waals surface area contributed by atoms with E-state index in [1.807, 2.05) is 0 Å². The van der Waals surface area contributed by atoms with E-state index >= 15 is 0 Å². The molecule has 0 aromatic heterocycles. The van der Waals surface area contributed by atoms with Crippen molar-refractivity contribution in [3.05, 3.63) is 0 Å². The number of hydrogen-bond donors (Lipinski definition) is 1. The summed E-state index contributed by atoms with van der Waals surface area (Å²) in [5.41, 5.74) is 6.25. The molecule has 3 nitrogen and oxygen atoms in total. The second-order valence-electron chi connectivity index (χ2n) is 5.83. The van der Waals surface area contributed by atoms with Gasteiger partial charge in [-0.05, 0) is 44.6 Å². The number of nitrogens with two attached hydrogens (primary N) is 1. The zero-order valence-corrected chi connectivity index (χ0v) is 10.2. The van der Waals surface area contributed by atoms with Gasteiger partial charge in [-0.2, -0.15) is 0 Å². The molecule has 0 amide bonds. The fraction of sp³-hybridized carbons (Fsp3) is 1.00. The summed E-state index contributed by atoms with van der Waals surface area (Å²) in [7, 11) is 0. The van der Waals surface area contributed by atoms with Gasteiger partial charge in [-0.25, -0.2) is 0 Å². The Hall–Kier alpha value is -0.120. The highest BCUT2D eigenvalue weighted by Gasteiger charge is 2.47. The van der Waals surface area contributed by atoms with Crippen molar-refractivity contribution in [2.75, 3.05) is 26.3 Å². The molecule has 3 aliphatic rings. The average Bonchev–Trinajstić information content (AvgIpc) is 2.98. The summed E-state index contributed by atoms with van der Waals surface area (Å²) in [6, 6.07) is 0.819. The molecule has 3 rings (SSSR count). The zero-order valence-electron chi connectivity index (χ0n) is 10.2. The first-order valence-corrected chi connectivity index (χ1v) is 6.90. The molecule has 1 aliphatic carbocycles. The highest BCUT2D eigenvalue weighted by atomic mass is 16.5. The smallest absolute Gasteiger partial charge is 0.0663 e. The van der Waals surface area contributed by atoms with Gasteiger partial charge < -0.3 is 10.5 Å². The first kappa shape index (κ1) is 11.0. The van der Waals surface area contributed by atoms with Gasteiger partial charge in [0.25, 0.3) is 0 Å². The molecule has 2 saturated heterocycles. The molecule has 0 spiro atoms. The molecule has 92 valence electrons. The van der Waals surface area contributed by atoms with Crippen LogP contribution < -0.4 is 5.73 Å². The summed E-state index contributed by atoms with van der Waals surface area (Å²) in [5, 5.41) is 0. The molecule has 3 unspecified atom stereocenters. The van der Waals surface area contributed by atoms with Crippen LogP contribution in [0.4, 0.5) is 0 Å². The number of fused-ring (bicyclic) bond motifs is 1. The minimum absolute atomic E-state index is 0.188. The number of ether oxygens (including phenoxy) is 1. The van der Waals surface area contributed by atoms with Gasteiger partial charge in [-0.1, -0.05) is 6.42 Å². The number of nitrogens with zero attached hydrogens (tertiary/aromatic N) is 1.